The van der Waals surface area contributed by atoms with E-state index in [2.05, 4.69) is 5.32 Å². The Morgan fingerprint density at radius 2 is 1.76 bits per heavy atom. The summed E-state index contributed by atoms with van der Waals surface area (Å²) in [7, 11) is 3.00. The Bertz CT molecular complexity index is 750. The van der Waals surface area contributed by atoms with Crippen LogP contribution in [0.1, 0.15) is 5.56 Å². The molecule has 2 aromatic carbocycles. The number of thioether (sulfide) groups is 1. The summed E-state index contributed by atoms with van der Waals surface area (Å²) in [6.07, 6.45) is -4.53. The number of amides is 1. The van der Waals surface area contributed by atoms with Crippen molar-refractivity contribution in [3.63, 3.8) is 0 Å². The minimum Gasteiger partial charge on any atom is -0.493 e. The van der Waals surface area contributed by atoms with Crippen LogP contribution in [-0.4, -0.2) is 25.9 Å². The van der Waals surface area contributed by atoms with Gasteiger partial charge in [-0.3, -0.25) is 4.79 Å². The van der Waals surface area contributed by atoms with Crippen LogP contribution in [0.5, 0.6) is 11.5 Å². The molecule has 0 saturated heterocycles. The van der Waals surface area contributed by atoms with Gasteiger partial charge in [-0.2, -0.15) is 13.2 Å². The van der Waals surface area contributed by atoms with E-state index in [1.807, 2.05) is 0 Å². The van der Waals surface area contributed by atoms with Gasteiger partial charge in [0.2, 0.25) is 5.91 Å². The largest absolute Gasteiger partial charge is 0.493 e. The van der Waals surface area contributed by atoms with Crippen molar-refractivity contribution >= 4 is 23.4 Å². The van der Waals surface area contributed by atoms with Crippen molar-refractivity contribution in [3.8, 4) is 11.5 Å². The molecule has 0 aliphatic rings. The molecule has 1 N–H and O–H groups in total. The van der Waals surface area contributed by atoms with E-state index in [9.17, 15) is 18.0 Å². The minimum absolute atomic E-state index is 0.0400. The first kappa shape index (κ1) is 19.0. The molecule has 25 heavy (non-hydrogen) atoms. The third kappa shape index (κ3) is 5.06. The molecule has 0 atom stereocenters. The van der Waals surface area contributed by atoms with Gasteiger partial charge >= 0.3 is 6.18 Å². The molecule has 0 aromatic heterocycles. The normalized spacial score (nSPS) is 11.1. The Morgan fingerprint density at radius 3 is 2.40 bits per heavy atom. The first-order valence-electron chi connectivity index (χ1n) is 7.16. The van der Waals surface area contributed by atoms with Crippen LogP contribution >= 0.6 is 11.8 Å². The molecule has 134 valence electrons. The number of carbonyl (C=O) groups is 1. The van der Waals surface area contributed by atoms with Crippen molar-refractivity contribution in [1.29, 1.82) is 0 Å². The number of hydrogen-bond acceptors (Lipinski definition) is 4. The molecule has 4 nitrogen and oxygen atoms in total. The monoisotopic (exact) mass is 371 g/mol. The van der Waals surface area contributed by atoms with Gasteiger partial charge in [-0.25, -0.2) is 0 Å². The summed E-state index contributed by atoms with van der Waals surface area (Å²) >= 11 is 1.18. The highest BCUT2D eigenvalue weighted by molar-refractivity contribution is 8.00. The lowest BCUT2D eigenvalue weighted by Crippen LogP contribution is -2.18. The predicted molar refractivity (Wildman–Crippen MR) is 90.3 cm³/mol. The van der Waals surface area contributed by atoms with Gasteiger partial charge in [0.05, 0.1) is 31.2 Å². The van der Waals surface area contributed by atoms with Gasteiger partial charge in [0.1, 0.15) is 0 Å². The Kier molecular flexibility index (Phi) is 6.19. The predicted octanol–water partition coefficient (Wildman–Crippen LogP) is 4.45. The number of hydrogen-bond donors (Lipinski definition) is 1. The van der Waals surface area contributed by atoms with E-state index in [1.54, 1.807) is 18.2 Å². The summed E-state index contributed by atoms with van der Waals surface area (Å²) in [5.74, 6) is 0.490. The molecule has 0 radical (unpaired) electrons. The first-order valence-corrected chi connectivity index (χ1v) is 8.14. The van der Waals surface area contributed by atoms with Gasteiger partial charge in [0, 0.05) is 4.90 Å². The number of ether oxygens (including phenoxy) is 2. The Morgan fingerprint density at radius 1 is 1.08 bits per heavy atom. The van der Waals surface area contributed by atoms with E-state index in [0.29, 0.717) is 11.5 Å². The Labute approximate surface area is 147 Å². The van der Waals surface area contributed by atoms with E-state index < -0.39 is 17.6 Å². The second kappa shape index (κ2) is 8.15. The average Bonchev–Trinajstić information content (AvgIpc) is 2.59. The quantitative estimate of drug-likeness (QED) is 0.762. The van der Waals surface area contributed by atoms with Gasteiger partial charge in [0.15, 0.2) is 11.5 Å². The smallest absolute Gasteiger partial charge is 0.418 e. The van der Waals surface area contributed by atoms with Crippen molar-refractivity contribution in [1.82, 2.24) is 0 Å². The number of para-hydroxylation sites is 1. The summed E-state index contributed by atoms with van der Waals surface area (Å²) in [4.78, 5) is 12.7. The molecule has 0 aliphatic heterocycles. The number of rotatable bonds is 6. The summed E-state index contributed by atoms with van der Waals surface area (Å²) in [6, 6.07) is 9.99. The molecule has 8 heteroatoms. The number of nitrogens with one attached hydrogen (secondary N) is 1. The molecule has 0 saturated carbocycles. The highest BCUT2D eigenvalue weighted by Gasteiger charge is 2.33. The third-order valence-electron chi connectivity index (χ3n) is 3.23. The lowest BCUT2D eigenvalue weighted by Gasteiger charge is -2.13. The van der Waals surface area contributed by atoms with Crippen LogP contribution in [0.3, 0.4) is 0 Å². The molecule has 1 amide bonds. The molecule has 0 aliphatic carbocycles. The Hall–Kier alpha value is -2.35. The lowest BCUT2D eigenvalue weighted by molar-refractivity contribution is -0.137. The van der Waals surface area contributed by atoms with Gasteiger partial charge < -0.3 is 14.8 Å². The van der Waals surface area contributed by atoms with Crippen LogP contribution in [0, 0.1) is 0 Å². The van der Waals surface area contributed by atoms with Crippen molar-refractivity contribution in [2.45, 2.75) is 11.1 Å². The third-order valence-corrected chi connectivity index (χ3v) is 4.23. The van der Waals surface area contributed by atoms with Crippen LogP contribution in [0.25, 0.3) is 0 Å². The number of carbonyl (C=O) groups excluding carboxylic acids is 1. The summed E-state index contributed by atoms with van der Waals surface area (Å²) in [5, 5.41) is 2.30. The second-order valence-electron chi connectivity index (χ2n) is 4.90. The molecule has 0 unspecified atom stereocenters. The van der Waals surface area contributed by atoms with E-state index in [1.165, 1.54) is 44.2 Å². The number of benzene rings is 2. The van der Waals surface area contributed by atoms with Crippen LogP contribution in [0.4, 0.5) is 18.9 Å². The highest BCUT2D eigenvalue weighted by Crippen LogP contribution is 2.35. The van der Waals surface area contributed by atoms with Crippen LogP contribution < -0.4 is 14.8 Å². The van der Waals surface area contributed by atoms with Gasteiger partial charge in [-0.1, -0.05) is 12.1 Å². The van der Waals surface area contributed by atoms with Gasteiger partial charge in [-0.15, -0.1) is 11.8 Å². The standard InChI is InChI=1S/C17H16F3NO3S/c1-23-14-8-7-11(9-15(14)24-2)25-10-16(22)21-13-6-4-3-5-12(13)17(18,19)20/h3-9H,10H2,1-2H3,(H,21,22). The fourth-order valence-corrected chi connectivity index (χ4v) is 2.81. The zero-order valence-electron chi connectivity index (χ0n) is 13.5. The van der Waals surface area contributed by atoms with E-state index in [4.69, 9.17) is 9.47 Å². The molecule has 2 aromatic rings. The average molecular weight is 371 g/mol. The van der Waals surface area contributed by atoms with E-state index in [-0.39, 0.29) is 11.4 Å². The highest BCUT2D eigenvalue weighted by atomic mass is 32.2. The maximum Gasteiger partial charge on any atom is 0.418 e. The summed E-state index contributed by atoms with van der Waals surface area (Å²) in [6.45, 7) is 0. The molecular weight excluding hydrogens is 355 g/mol. The topological polar surface area (TPSA) is 47.6 Å². The van der Waals surface area contributed by atoms with Crippen LogP contribution in [0.2, 0.25) is 0 Å². The van der Waals surface area contributed by atoms with Crippen molar-refractivity contribution < 1.29 is 27.4 Å². The van der Waals surface area contributed by atoms with Gasteiger partial charge in [0.25, 0.3) is 0 Å². The summed E-state index contributed by atoms with van der Waals surface area (Å²) in [5.41, 5.74) is -1.13. The molecule has 0 spiro atoms. The molecule has 0 heterocycles. The van der Waals surface area contributed by atoms with Crippen molar-refractivity contribution in [2.24, 2.45) is 0 Å². The lowest BCUT2D eigenvalue weighted by atomic mass is 10.1. The molecule has 0 fully saturated rings. The minimum atomic E-state index is -4.53. The fourth-order valence-electron chi connectivity index (χ4n) is 2.08. The zero-order valence-corrected chi connectivity index (χ0v) is 14.3. The van der Waals surface area contributed by atoms with Gasteiger partial charge in [-0.05, 0) is 30.3 Å². The number of methoxy groups -OCH3 is 2. The maximum absolute atomic E-state index is 12.9. The molecule has 0 bridgehead atoms. The van der Waals surface area contributed by atoms with E-state index >= 15 is 0 Å². The maximum atomic E-state index is 12.9. The Balaban J connectivity index is 2.03. The second-order valence-corrected chi connectivity index (χ2v) is 5.95. The van der Waals surface area contributed by atoms with Crippen molar-refractivity contribution in [2.75, 3.05) is 25.3 Å². The molecular formula is C17H16F3NO3S. The van der Waals surface area contributed by atoms with Crippen molar-refractivity contribution in [3.05, 3.63) is 48.0 Å². The number of anilines is 1. The first-order chi connectivity index (χ1) is 11.8. The SMILES string of the molecule is COc1ccc(SCC(=O)Nc2ccccc2C(F)(F)F)cc1OC. The fraction of sp³-hybridized carbons (Fsp3) is 0.235. The molecule has 2 rings (SSSR count). The summed E-state index contributed by atoms with van der Waals surface area (Å²) < 4.78 is 49.1. The zero-order chi connectivity index (χ0) is 18.4. The number of halogens is 3. The van der Waals surface area contributed by atoms with Crippen LogP contribution in [-0.2, 0) is 11.0 Å². The number of alkyl halides is 3. The van der Waals surface area contributed by atoms with Crippen LogP contribution in [0.15, 0.2) is 47.4 Å². The van der Waals surface area contributed by atoms with E-state index in [0.717, 1.165) is 11.0 Å².